The first-order valence-electron chi connectivity index (χ1n) is 7.77. The molecule has 28 heavy (non-hydrogen) atoms. The molecule has 0 spiro atoms. The van der Waals surface area contributed by atoms with Crippen molar-refractivity contribution in [3.63, 3.8) is 0 Å². The Labute approximate surface area is 172 Å². The van der Waals surface area contributed by atoms with Crippen LogP contribution in [-0.2, 0) is 0 Å². The van der Waals surface area contributed by atoms with Crippen molar-refractivity contribution < 1.29 is 9.59 Å². The lowest BCUT2D eigenvalue weighted by atomic mass is 9.93. The lowest BCUT2D eigenvalue weighted by Crippen LogP contribution is -2.34. The minimum atomic E-state index is 0.116. The lowest BCUT2D eigenvalue weighted by Gasteiger charge is -2.09. The normalized spacial score (nSPS) is 9.21. The van der Waals surface area contributed by atoms with Gasteiger partial charge in [0.25, 0.3) is 0 Å². The minimum Gasteiger partial charge on any atom is -0.375 e. The average molecular weight is 417 g/mol. The van der Waals surface area contributed by atoms with Gasteiger partial charge in [-0.1, -0.05) is 48.5 Å². The zero-order chi connectivity index (χ0) is 21.1. The molecule has 0 atom stereocenters. The molecule has 0 aliphatic heterocycles. The maximum absolute atomic E-state index is 11.3. The van der Waals surface area contributed by atoms with Crippen LogP contribution >= 0.6 is 24.4 Å². The molecule has 3 aromatic carbocycles. The molecule has 0 aliphatic rings. The minimum absolute atomic E-state index is 0.116. The second-order valence-electron chi connectivity index (χ2n) is 5.17. The van der Waals surface area contributed by atoms with Gasteiger partial charge in [0.2, 0.25) is 0 Å². The maximum Gasteiger partial charge on any atom is 0.177 e. The van der Waals surface area contributed by atoms with Crippen molar-refractivity contribution in [1.29, 1.82) is 0 Å². The molecule has 10 N–H and O–H groups in total. The van der Waals surface area contributed by atoms with Gasteiger partial charge in [0.1, 0.15) is 0 Å². The van der Waals surface area contributed by atoms with Gasteiger partial charge in [-0.15, -0.1) is 0 Å². The molecule has 0 unspecified atom stereocenters. The first-order valence-corrected chi connectivity index (χ1v) is 8.58. The van der Waals surface area contributed by atoms with E-state index in [0.717, 1.165) is 34.1 Å². The molecule has 0 saturated carbocycles. The van der Waals surface area contributed by atoms with Crippen LogP contribution in [0.25, 0.3) is 21.5 Å². The first-order chi connectivity index (χ1) is 13.4. The number of benzene rings is 3. The van der Waals surface area contributed by atoms with E-state index in [-0.39, 0.29) is 10.2 Å². The van der Waals surface area contributed by atoms with E-state index in [1.807, 2.05) is 59.4 Å². The molecule has 3 aromatic rings. The summed E-state index contributed by atoms with van der Waals surface area (Å²) in [5, 5.41) is 3.54. The highest BCUT2D eigenvalue weighted by Crippen LogP contribution is 2.30. The van der Waals surface area contributed by atoms with E-state index in [2.05, 4.69) is 36.1 Å². The Hall–Kier alpha value is -3.18. The molecule has 0 bridgehead atoms. The van der Waals surface area contributed by atoms with Gasteiger partial charge < -0.3 is 22.3 Å². The molecule has 3 rings (SSSR count). The lowest BCUT2D eigenvalue weighted by molar-refractivity contribution is 0.111. The van der Waals surface area contributed by atoms with Crippen LogP contribution in [0.1, 0.15) is 20.7 Å². The molecule has 0 saturated heterocycles. The highest BCUT2D eigenvalue weighted by molar-refractivity contribution is 7.80. The summed E-state index contributed by atoms with van der Waals surface area (Å²) in [6.45, 7) is 0. The predicted molar refractivity (Wildman–Crippen MR) is 120 cm³/mol. The van der Waals surface area contributed by atoms with E-state index >= 15 is 0 Å². The second kappa shape index (κ2) is 11.5. The van der Waals surface area contributed by atoms with E-state index in [0.29, 0.717) is 11.1 Å². The zero-order valence-corrected chi connectivity index (χ0v) is 16.3. The average Bonchev–Trinajstić information content (AvgIpc) is 2.72. The van der Waals surface area contributed by atoms with Crippen molar-refractivity contribution >= 4 is 68.8 Å². The molecule has 0 heterocycles. The quantitative estimate of drug-likeness (QED) is 0.117. The van der Waals surface area contributed by atoms with Crippen LogP contribution in [0.2, 0.25) is 0 Å². The van der Waals surface area contributed by atoms with E-state index in [4.69, 9.17) is 11.5 Å². The summed E-state index contributed by atoms with van der Waals surface area (Å²) in [7, 11) is 0. The summed E-state index contributed by atoms with van der Waals surface area (Å²) in [5.74, 6) is 9.31. The first kappa shape index (κ1) is 22.9. The third-order valence-electron chi connectivity index (χ3n) is 3.54. The van der Waals surface area contributed by atoms with Gasteiger partial charge in [-0.05, 0) is 46.0 Å². The number of thiocarbonyl (C=S) groups is 2. The van der Waals surface area contributed by atoms with Crippen LogP contribution in [0, 0.1) is 0 Å². The van der Waals surface area contributed by atoms with E-state index in [1.54, 1.807) is 0 Å². The molecule has 0 fully saturated rings. The van der Waals surface area contributed by atoms with Gasteiger partial charge in [-0.25, -0.2) is 11.7 Å². The number of fused-ring (bicyclic) bond motifs is 2. The van der Waals surface area contributed by atoms with Gasteiger partial charge in [-0.3, -0.25) is 9.59 Å². The van der Waals surface area contributed by atoms with Gasteiger partial charge in [0.05, 0.1) is 0 Å². The van der Waals surface area contributed by atoms with Gasteiger partial charge in [-0.2, -0.15) is 0 Å². The van der Waals surface area contributed by atoms with Crippen LogP contribution in [0.5, 0.6) is 0 Å². The summed E-state index contributed by atoms with van der Waals surface area (Å²) in [6, 6.07) is 15.0. The van der Waals surface area contributed by atoms with Crippen LogP contribution in [0.4, 0.5) is 0 Å². The molecular formula is C18H20N6O2S2. The fourth-order valence-electron chi connectivity index (χ4n) is 2.45. The van der Waals surface area contributed by atoms with Crippen LogP contribution in [0.3, 0.4) is 0 Å². The second-order valence-corrected chi connectivity index (χ2v) is 6.05. The standard InChI is InChI=1S/C16H10O2.2CH5N3S/c17-9-15-11-5-1-2-6-12(11)16(10-18)14-8-4-3-7-13(14)15;2*2-1(5)4-3/h1-10H;2*3H2,(H3,2,4,5). The summed E-state index contributed by atoms with van der Waals surface area (Å²) in [4.78, 5) is 22.7. The van der Waals surface area contributed by atoms with Crippen molar-refractivity contribution in [3.8, 4) is 0 Å². The Bertz CT molecular complexity index is 873. The van der Waals surface area contributed by atoms with Crippen molar-refractivity contribution in [2.75, 3.05) is 0 Å². The molecule has 8 nitrogen and oxygen atoms in total. The Morgan fingerprint density at radius 3 is 1.04 bits per heavy atom. The highest BCUT2D eigenvalue weighted by atomic mass is 32.1. The number of hydrazine groups is 2. The molecule has 146 valence electrons. The monoisotopic (exact) mass is 416 g/mol. The molecule has 0 radical (unpaired) electrons. The van der Waals surface area contributed by atoms with Gasteiger partial charge in [0, 0.05) is 11.1 Å². The molecule has 0 amide bonds. The van der Waals surface area contributed by atoms with Crippen LogP contribution < -0.4 is 34.0 Å². The number of nitrogens with two attached hydrogens (primary N) is 4. The van der Waals surface area contributed by atoms with Crippen molar-refractivity contribution in [2.24, 2.45) is 23.2 Å². The maximum atomic E-state index is 11.3. The summed E-state index contributed by atoms with van der Waals surface area (Å²) in [5.41, 5.74) is 14.9. The summed E-state index contributed by atoms with van der Waals surface area (Å²) in [6.07, 6.45) is 1.72. The van der Waals surface area contributed by atoms with Crippen LogP contribution in [-0.4, -0.2) is 22.8 Å². The summed E-state index contributed by atoms with van der Waals surface area (Å²) >= 11 is 8.48. The number of carbonyl (C=O) groups is 2. The van der Waals surface area contributed by atoms with E-state index in [1.165, 1.54) is 0 Å². The van der Waals surface area contributed by atoms with E-state index in [9.17, 15) is 9.59 Å². The number of rotatable bonds is 2. The third kappa shape index (κ3) is 5.93. The Morgan fingerprint density at radius 2 is 0.893 bits per heavy atom. The number of aldehydes is 2. The molecule has 0 aromatic heterocycles. The van der Waals surface area contributed by atoms with Gasteiger partial charge in [0.15, 0.2) is 22.8 Å². The topological polar surface area (TPSA) is 162 Å². The van der Waals surface area contributed by atoms with Crippen molar-refractivity contribution in [3.05, 3.63) is 59.7 Å². The smallest absolute Gasteiger partial charge is 0.177 e. The fourth-order valence-corrected chi connectivity index (χ4v) is 2.45. The fraction of sp³-hybridized carbons (Fsp3) is 0. The number of nitrogens with one attached hydrogen (secondary N) is 2. The Morgan fingerprint density at radius 1 is 0.679 bits per heavy atom. The number of hydrogen-bond donors (Lipinski definition) is 6. The molecular weight excluding hydrogens is 396 g/mol. The third-order valence-corrected chi connectivity index (χ3v) is 3.77. The Balaban J connectivity index is 0.000000329. The highest BCUT2D eigenvalue weighted by Gasteiger charge is 2.11. The van der Waals surface area contributed by atoms with Crippen molar-refractivity contribution in [2.45, 2.75) is 0 Å². The number of hydrogen-bond acceptors (Lipinski definition) is 6. The summed E-state index contributed by atoms with van der Waals surface area (Å²) < 4.78 is 0. The van der Waals surface area contributed by atoms with Crippen LogP contribution in [0.15, 0.2) is 48.5 Å². The molecule has 0 aliphatic carbocycles. The largest absolute Gasteiger partial charge is 0.375 e. The SMILES string of the molecule is NNC(N)=S.NNC(N)=S.O=Cc1c2ccccc2c(C=O)c2ccccc12. The zero-order valence-electron chi connectivity index (χ0n) is 14.7. The Kier molecular flexibility index (Phi) is 9.40. The number of carbonyl (C=O) groups excluding carboxylic acids is 2. The molecule has 10 heteroatoms. The van der Waals surface area contributed by atoms with Gasteiger partial charge >= 0.3 is 0 Å². The predicted octanol–water partition coefficient (Wildman–Crippen LogP) is 1.00. The van der Waals surface area contributed by atoms with E-state index < -0.39 is 0 Å². The van der Waals surface area contributed by atoms with Crippen molar-refractivity contribution in [1.82, 2.24) is 10.9 Å².